The number of pyridine rings is 2. The molecule has 0 saturated carbocycles. The van der Waals surface area contributed by atoms with E-state index in [4.69, 9.17) is 11.5 Å². The minimum absolute atomic E-state index is 0. The molecule has 0 saturated heterocycles. The number of nitrogens with zero attached hydrogens (tertiary/aromatic N) is 2. The Labute approximate surface area is 271 Å². The third kappa shape index (κ3) is 13.1. The monoisotopic (exact) mass is 601 g/mol. The van der Waals surface area contributed by atoms with Gasteiger partial charge in [-0.1, -0.05) is 106 Å². The summed E-state index contributed by atoms with van der Waals surface area (Å²) in [6.45, 7) is 10.4. The quantitative estimate of drug-likeness (QED) is 0.169. The Balaban J connectivity index is 0. The number of hydrogen-bond donors (Lipinski definition) is 2. The van der Waals surface area contributed by atoms with Gasteiger partial charge in [-0.25, -0.2) is 0 Å². The Kier molecular flexibility index (Phi) is 22.5. The van der Waals surface area contributed by atoms with Crippen LogP contribution in [0.2, 0.25) is 0 Å². The van der Waals surface area contributed by atoms with E-state index in [-0.39, 0.29) is 29.7 Å². The standard InChI is InChI=1S/C20H28N2.C16H20N2.4CH4/c1-3-18(20-10-6-17(14-22)7-11-20)12-15(2)19-8-4-16(13-21)5-9-19;1-3-14(16-6-10-18-11-7-16)12-13(2)15-4-8-17-9-5-15;;;;/h4-11,15,18H,3,12-14,21-22H2,1-2H3;4-11,13-14H,3,12H2,1-2H3;4*1H4. The lowest BCUT2D eigenvalue weighted by Crippen LogP contribution is -2.05. The van der Waals surface area contributed by atoms with Crippen molar-refractivity contribution in [2.24, 2.45) is 11.5 Å². The maximum absolute atomic E-state index is 5.68. The van der Waals surface area contributed by atoms with Crippen LogP contribution in [-0.4, -0.2) is 9.97 Å². The molecule has 4 nitrogen and oxygen atoms in total. The highest BCUT2D eigenvalue weighted by Crippen LogP contribution is 2.33. The molecule has 4 N–H and O–H groups in total. The lowest BCUT2D eigenvalue weighted by molar-refractivity contribution is 0.544. The molecule has 0 aliphatic heterocycles. The Bertz CT molecular complexity index is 1210. The van der Waals surface area contributed by atoms with Gasteiger partial charge in [0.1, 0.15) is 0 Å². The average molecular weight is 601 g/mol. The molecular weight excluding hydrogens is 536 g/mol. The molecule has 44 heavy (non-hydrogen) atoms. The van der Waals surface area contributed by atoms with Gasteiger partial charge in [0.2, 0.25) is 0 Å². The van der Waals surface area contributed by atoms with Crippen molar-refractivity contribution in [3.05, 3.63) is 131 Å². The summed E-state index contributed by atoms with van der Waals surface area (Å²) >= 11 is 0. The first-order valence-electron chi connectivity index (χ1n) is 14.9. The highest BCUT2D eigenvalue weighted by molar-refractivity contribution is 5.28. The second-order valence-electron chi connectivity index (χ2n) is 10.9. The molecule has 4 atom stereocenters. The summed E-state index contributed by atoms with van der Waals surface area (Å²) in [4.78, 5) is 8.17. The van der Waals surface area contributed by atoms with E-state index in [1.807, 2.05) is 24.8 Å². The zero-order chi connectivity index (χ0) is 28.7. The van der Waals surface area contributed by atoms with E-state index >= 15 is 0 Å². The van der Waals surface area contributed by atoms with Crippen LogP contribution in [0.1, 0.15) is 140 Å². The van der Waals surface area contributed by atoms with E-state index in [0.717, 1.165) is 6.42 Å². The molecule has 0 amide bonds. The van der Waals surface area contributed by atoms with Crippen LogP contribution in [0.4, 0.5) is 0 Å². The summed E-state index contributed by atoms with van der Waals surface area (Å²) in [5.41, 5.74) is 19.3. The molecule has 0 bridgehead atoms. The summed E-state index contributed by atoms with van der Waals surface area (Å²) in [5.74, 6) is 2.31. The number of hydrogen-bond acceptors (Lipinski definition) is 4. The van der Waals surface area contributed by atoms with Crippen molar-refractivity contribution in [2.45, 2.75) is 120 Å². The highest BCUT2D eigenvalue weighted by atomic mass is 14.6. The minimum atomic E-state index is 0. The van der Waals surface area contributed by atoms with Crippen LogP contribution in [0.5, 0.6) is 0 Å². The smallest absolute Gasteiger partial charge is 0.0270 e. The Hall–Kier alpha value is -3.34. The third-order valence-electron chi connectivity index (χ3n) is 8.19. The molecule has 244 valence electrons. The summed E-state index contributed by atoms with van der Waals surface area (Å²) < 4.78 is 0. The van der Waals surface area contributed by atoms with Crippen LogP contribution in [0.25, 0.3) is 0 Å². The van der Waals surface area contributed by atoms with Gasteiger partial charge in [-0.2, -0.15) is 0 Å². The normalized spacial score (nSPS) is 12.7. The largest absolute Gasteiger partial charge is 0.326 e. The molecule has 0 spiro atoms. The van der Waals surface area contributed by atoms with Crippen molar-refractivity contribution in [1.82, 2.24) is 9.97 Å². The van der Waals surface area contributed by atoms with Crippen LogP contribution >= 0.6 is 0 Å². The molecule has 2 heterocycles. The Morgan fingerprint density at radius 2 is 0.773 bits per heavy atom. The summed E-state index contributed by atoms with van der Waals surface area (Å²) in [5, 5.41) is 0. The molecule has 2 aromatic heterocycles. The number of rotatable bonds is 12. The SMILES string of the molecule is C.C.C.C.CCC(CC(C)c1ccc(CN)cc1)c1ccc(CN)cc1.CCC(CC(C)c1ccncc1)c1ccncc1. The van der Waals surface area contributed by atoms with Crippen molar-refractivity contribution in [3.8, 4) is 0 Å². The molecular formula is C40H64N4. The molecule has 2 aromatic carbocycles. The molecule has 4 unspecified atom stereocenters. The van der Waals surface area contributed by atoms with Crippen molar-refractivity contribution in [2.75, 3.05) is 0 Å². The van der Waals surface area contributed by atoms with Gasteiger partial charge in [0.15, 0.2) is 0 Å². The number of aromatic nitrogens is 2. The lowest BCUT2D eigenvalue weighted by Gasteiger charge is -2.21. The van der Waals surface area contributed by atoms with E-state index in [2.05, 4.69) is 110 Å². The molecule has 4 heteroatoms. The maximum atomic E-state index is 5.68. The van der Waals surface area contributed by atoms with Crippen molar-refractivity contribution < 1.29 is 0 Å². The second kappa shape index (κ2) is 23.1. The topological polar surface area (TPSA) is 77.8 Å². The van der Waals surface area contributed by atoms with Gasteiger partial charge in [-0.15, -0.1) is 0 Å². The van der Waals surface area contributed by atoms with E-state index in [1.54, 1.807) is 0 Å². The average Bonchev–Trinajstić information content (AvgIpc) is 3.03. The number of benzene rings is 2. The first-order valence-corrected chi connectivity index (χ1v) is 14.9. The van der Waals surface area contributed by atoms with Crippen molar-refractivity contribution in [3.63, 3.8) is 0 Å². The molecule has 0 aliphatic rings. The summed E-state index contributed by atoms with van der Waals surface area (Å²) in [7, 11) is 0. The first-order chi connectivity index (χ1) is 19.5. The predicted molar refractivity (Wildman–Crippen MR) is 196 cm³/mol. The van der Waals surface area contributed by atoms with Crippen LogP contribution in [0, 0.1) is 0 Å². The van der Waals surface area contributed by atoms with Gasteiger partial charge in [0.25, 0.3) is 0 Å². The first kappa shape index (κ1) is 42.8. The predicted octanol–water partition coefficient (Wildman–Crippen LogP) is 11.0. The summed E-state index contributed by atoms with van der Waals surface area (Å²) in [6, 6.07) is 26.0. The van der Waals surface area contributed by atoms with Gasteiger partial charge in [0.05, 0.1) is 0 Å². The zero-order valence-corrected chi connectivity index (χ0v) is 24.8. The molecule has 0 aliphatic carbocycles. The van der Waals surface area contributed by atoms with Gasteiger partial charge < -0.3 is 11.5 Å². The fourth-order valence-corrected chi connectivity index (χ4v) is 5.44. The van der Waals surface area contributed by atoms with Gasteiger partial charge in [0, 0.05) is 37.9 Å². The molecule has 0 radical (unpaired) electrons. The van der Waals surface area contributed by atoms with Crippen molar-refractivity contribution >= 4 is 0 Å². The Morgan fingerprint density at radius 1 is 0.477 bits per heavy atom. The third-order valence-corrected chi connectivity index (χ3v) is 8.19. The van der Waals surface area contributed by atoms with Crippen LogP contribution in [0.15, 0.2) is 97.6 Å². The van der Waals surface area contributed by atoms with Gasteiger partial charge >= 0.3 is 0 Å². The fourth-order valence-electron chi connectivity index (χ4n) is 5.44. The molecule has 0 fully saturated rings. The van der Waals surface area contributed by atoms with E-state index in [1.165, 1.54) is 52.6 Å². The zero-order valence-electron chi connectivity index (χ0n) is 24.8. The summed E-state index contributed by atoms with van der Waals surface area (Å²) in [6.07, 6.45) is 12.2. The molecule has 4 rings (SSSR count). The Morgan fingerprint density at radius 3 is 1.11 bits per heavy atom. The van der Waals surface area contributed by atoms with Crippen LogP contribution in [0.3, 0.4) is 0 Å². The van der Waals surface area contributed by atoms with Crippen LogP contribution < -0.4 is 11.5 Å². The van der Waals surface area contributed by atoms with Gasteiger partial charge in [-0.3, -0.25) is 9.97 Å². The second-order valence-corrected chi connectivity index (χ2v) is 10.9. The molecule has 4 aromatic rings. The fraction of sp³-hybridized carbons (Fsp3) is 0.450. The van der Waals surface area contributed by atoms with E-state index in [9.17, 15) is 0 Å². The minimum Gasteiger partial charge on any atom is -0.326 e. The maximum Gasteiger partial charge on any atom is 0.0270 e. The van der Waals surface area contributed by atoms with Crippen molar-refractivity contribution in [1.29, 1.82) is 0 Å². The number of nitrogens with two attached hydrogens (primary N) is 2. The van der Waals surface area contributed by atoms with E-state index in [0.29, 0.717) is 36.8 Å². The van der Waals surface area contributed by atoms with Gasteiger partial charge in [-0.05, 0) is 107 Å². The van der Waals surface area contributed by atoms with E-state index < -0.39 is 0 Å². The highest BCUT2D eigenvalue weighted by Gasteiger charge is 2.16. The lowest BCUT2D eigenvalue weighted by atomic mass is 9.84. The van der Waals surface area contributed by atoms with Crippen LogP contribution in [-0.2, 0) is 13.1 Å².